The van der Waals surface area contributed by atoms with E-state index in [4.69, 9.17) is 0 Å². The Kier molecular flexibility index (Phi) is 6.83. The van der Waals surface area contributed by atoms with E-state index in [1.807, 2.05) is 0 Å². The van der Waals surface area contributed by atoms with Crippen LogP contribution in [0.15, 0.2) is 17.1 Å². The summed E-state index contributed by atoms with van der Waals surface area (Å²) in [5, 5.41) is 40.2. The normalized spacial score (nSPS) is 11.6. The number of fused-ring (bicyclic) bond motifs is 2. The van der Waals surface area contributed by atoms with Crippen molar-refractivity contribution in [2.24, 2.45) is 4.99 Å². The number of hydrogen-bond acceptors (Lipinski definition) is 9. The second kappa shape index (κ2) is 9.54. The first-order valence-corrected chi connectivity index (χ1v) is 9.85. The van der Waals surface area contributed by atoms with Crippen LogP contribution in [0.25, 0.3) is 22.1 Å². The maximum Gasteiger partial charge on any atom is 0.253 e. The Labute approximate surface area is 179 Å². The van der Waals surface area contributed by atoms with E-state index >= 15 is 0 Å². The summed E-state index contributed by atoms with van der Waals surface area (Å²) in [5.41, 5.74) is 1.22. The summed E-state index contributed by atoms with van der Waals surface area (Å²) in [5.74, 6) is -0.974. The van der Waals surface area contributed by atoms with Crippen molar-refractivity contribution in [3.8, 4) is 17.2 Å². The fourth-order valence-corrected chi connectivity index (χ4v) is 3.11. The van der Waals surface area contributed by atoms with Gasteiger partial charge in [0.05, 0.1) is 17.7 Å². The van der Waals surface area contributed by atoms with E-state index in [9.17, 15) is 20.1 Å². The smallest absolute Gasteiger partial charge is 0.253 e. The van der Waals surface area contributed by atoms with E-state index in [-0.39, 0.29) is 61.9 Å². The summed E-state index contributed by atoms with van der Waals surface area (Å²) in [6.07, 6.45) is 1.47. The summed E-state index contributed by atoms with van der Waals surface area (Å²) < 4.78 is 0. The van der Waals surface area contributed by atoms with Crippen molar-refractivity contribution in [2.45, 2.75) is 6.92 Å². The predicted molar refractivity (Wildman–Crippen MR) is 119 cm³/mol. The fraction of sp³-hybridized carbons (Fsp3) is 0.333. The van der Waals surface area contributed by atoms with Crippen LogP contribution in [0.1, 0.15) is 21.5 Å². The Bertz CT molecular complexity index is 1160. The van der Waals surface area contributed by atoms with Crippen LogP contribution in [0.4, 0.5) is 0 Å². The van der Waals surface area contributed by atoms with Crippen molar-refractivity contribution in [3.63, 3.8) is 0 Å². The van der Waals surface area contributed by atoms with Gasteiger partial charge >= 0.3 is 0 Å². The molecule has 10 nitrogen and oxygen atoms in total. The van der Waals surface area contributed by atoms with Gasteiger partial charge in [0.15, 0.2) is 0 Å². The van der Waals surface area contributed by atoms with Crippen LogP contribution in [0, 0.1) is 6.92 Å². The number of aromatic hydroxyl groups is 3. The standard InChI is InChI=1S/C21H26N6O4/c1-11-19(29)13(10-24-8-6-22-2)16-18(20(11)30)27-15-12(21(31)25-9-7-23-3)4-5-14(28)17(15)26-16/h4-5,10,22-23,28-30H,6-9H2,1-3H3,(H,25,31). The molecule has 0 atom stereocenters. The van der Waals surface area contributed by atoms with Gasteiger partial charge in [-0.05, 0) is 33.2 Å². The molecule has 6 N–H and O–H groups in total. The van der Waals surface area contributed by atoms with Crippen LogP contribution in [0.5, 0.6) is 17.2 Å². The summed E-state index contributed by atoms with van der Waals surface area (Å²) in [6.45, 7) is 3.67. The van der Waals surface area contributed by atoms with E-state index in [0.29, 0.717) is 26.2 Å². The van der Waals surface area contributed by atoms with Gasteiger partial charge in [0, 0.05) is 31.4 Å². The third kappa shape index (κ3) is 4.35. The number of nitrogens with zero attached hydrogens (tertiary/aromatic N) is 3. The Balaban J connectivity index is 2.24. The predicted octanol–water partition coefficient (Wildman–Crippen LogP) is 0.796. The minimum atomic E-state index is -0.377. The molecule has 1 amide bonds. The van der Waals surface area contributed by atoms with Crippen molar-refractivity contribution in [1.29, 1.82) is 0 Å². The number of aliphatic imine (C=N–C) groups is 1. The van der Waals surface area contributed by atoms with Gasteiger partial charge in [-0.25, -0.2) is 9.97 Å². The molecule has 0 aliphatic heterocycles. The highest BCUT2D eigenvalue weighted by atomic mass is 16.3. The van der Waals surface area contributed by atoms with Gasteiger partial charge < -0.3 is 31.3 Å². The van der Waals surface area contributed by atoms with Gasteiger partial charge in [0.25, 0.3) is 5.91 Å². The first kappa shape index (κ1) is 22.2. The molecule has 1 aromatic heterocycles. The van der Waals surface area contributed by atoms with Gasteiger partial charge in [0.2, 0.25) is 0 Å². The molecule has 0 unspecified atom stereocenters. The molecule has 0 spiro atoms. The summed E-state index contributed by atoms with van der Waals surface area (Å²) in [6, 6.07) is 2.82. The minimum Gasteiger partial charge on any atom is -0.507 e. The number of carbonyl (C=O) groups is 1. The molecule has 2 aromatic carbocycles. The largest absolute Gasteiger partial charge is 0.507 e. The summed E-state index contributed by atoms with van der Waals surface area (Å²) in [7, 11) is 3.58. The van der Waals surface area contributed by atoms with Crippen molar-refractivity contribution >= 4 is 34.2 Å². The number of phenols is 3. The minimum absolute atomic E-state index is 0.0845. The average molecular weight is 426 g/mol. The lowest BCUT2D eigenvalue weighted by Crippen LogP contribution is -2.30. The molecule has 0 aliphatic rings. The van der Waals surface area contributed by atoms with Crippen molar-refractivity contribution in [3.05, 3.63) is 28.8 Å². The first-order chi connectivity index (χ1) is 14.9. The second-order valence-electron chi connectivity index (χ2n) is 6.98. The molecule has 0 saturated carbocycles. The van der Waals surface area contributed by atoms with Crippen LogP contribution in [-0.2, 0) is 0 Å². The zero-order valence-corrected chi connectivity index (χ0v) is 17.7. The summed E-state index contributed by atoms with van der Waals surface area (Å²) >= 11 is 0. The molecule has 164 valence electrons. The lowest BCUT2D eigenvalue weighted by Gasteiger charge is -2.13. The molecular weight excluding hydrogens is 400 g/mol. The number of carbonyl (C=O) groups excluding carboxylic acids is 1. The second-order valence-corrected chi connectivity index (χ2v) is 6.98. The van der Waals surface area contributed by atoms with Crippen LogP contribution in [0.3, 0.4) is 0 Å². The molecular formula is C21H26N6O4. The zero-order valence-electron chi connectivity index (χ0n) is 17.7. The van der Waals surface area contributed by atoms with E-state index in [1.54, 1.807) is 21.0 Å². The Hall–Kier alpha value is -3.50. The van der Waals surface area contributed by atoms with Crippen molar-refractivity contribution in [2.75, 3.05) is 40.3 Å². The number of nitrogens with one attached hydrogen (secondary N) is 3. The lowest BCUT2D eigenvalue weighted by molar-refractivity contribution is 0.0955. The number of benzene rings is 2. The molecule has 1 heterocycles. The molecule has 3 aromatic rings. The molecule has 0 radical (unpaired) electrons. The Morgan fingerprint density at radius 2 is 1.68 bits per heavy atom. The monoisotopic (exact) mass is 426 g/mol. The Morgan fingerprint density at radius 1 is 0.968 bits per heavy atom. The number of aromatic nitrogens is 2. The molecule has 0 aliphatic carbocycles. The summed E-state index contributed by atoms with van der Waals surface area (Å²) in [4.78, 5) is 25.8. The molecule has 31 heavy (non-hydrogen) atoms. The van der Waals surface area contributed by atoms with E-state index in [2.05, 4.69) is 30.9 Å². The van der Waals surface area contributed by atoms with Gasteiger partial charge in [-0.3, -0.25) is 9.79 Å². The van der Waals surface area contributed by atoms with E-state index < -0.39 is 0 Å². The highest BCUT2D eigenvalue weighted by molar-refractivity contribution is 6.10. The maximum absolute atomic E-state index is 12.6. The highest BCUT2D eigenvalue weighted by Crippen LogP contribution is 2.38. The van der Waals surface area contributed by atoms with E-state index in [1.165, 1.54) is 18.3 Å². The number of rotatable bonds is 8. The van der Waals surface area contributed by atoms with Gasteiger partial charge in [-0.1, -0.05) is 0 Å². The number of phenolic OH excluding ortho intramolecular Hbond substituents is 3. The fourth-order valence-electron chi connectivity index (χ4n) is 3.11. The third-order valence-corrected chi connectivity index (χ3v) is 4.86. The number of hydrogen-bond donors (Lipinski definition) is 6. The van der Waals surface area contributed by atoms with E-state index in [0.717, 1.165) is 0 Å². The lowest BCUT2D eigenvalue weighted by atomic mass is 10.0. The van der Waals surface area contributed by atoms with Gasteiger partial charge in [-0.2, -0.15) is 0 Å². The molecule has 0 bridgehead atoms. The number of amides is 1. The van der Waals surface area contributed by atoms with Gasteiger partial charge in [-0.15, -0.1) is 0 Å². The van der Waals surface area contributed by atoms with Crippen LogP contribution >= 0.6 is 0 Å². The molecule has 0 saturated heterocycles. The van der Waals surface area contributed by atoms with Crippen LogP contribution < -0.4 is 16.0 Å². The number of likely N-dealkylation sites (N-methyl/N-ethyl adjacent to an activating group) is 2. The topological polar surface area (TPSA) is 152 Å². The highest BCUT2D eigenvalue weighted by Gasteiger charge is 2.21. The average Bonchev–Trinajstić information content (AvgIpc) is 2.77. The van der Waals surface area contributed by atoms with Gasteiger partial charge in [0.1, 0.15) is 39.3 Å². The third-order valence-electron chi connectivity index (χ3n) is 4.86. The van der Waals surface area contributed by atoms with Crippen molar-refractivity contribution < 1.29 is 20.1 Å². The van der Waals surface area contributed by atoms with Crippen LogP contribution in [0.2, 0.25) is 0 Å². The Morgan fingerprint density at radius 3 is 2.39 bits per heavy atom. The first-order valence-electron chi connectivity index (χ1n) is 9.85. The molecule has 0 fully saturated rings. The maximum atomic E-state index is 12.6. The molecule has 10 heteroatoms. The quantitative estimate of drug-likeness (QED) is 0.176. The van der Waals surface area contributed by atoms with Crippen LogP contribution in [-0.4, -0.2) is 77.7 Å². The van der Waals surface area contributed by atoms with Crippen molar-refractivity contribution in [1.82, 2.24) is 25.9 Å². The molecule has 3 rings (SSSR count). The zero-order chi connectivity index (χ0) is 22.5. The SMILES string of the molecule is CNCCN=Cc1c(O)c(C)c(O)c2nc3c(C(=O)NCCNC)ccc(O)c3nc12.